The highest BCUT2D eigenvalue weighted by molar-refractivity contribution is 7.29. The molecule has 4 nitrogen and oxygen atoms in total. The summed E-state index contributed by atoms with van der Waals surface area (Å²) in [5.41, 5.74) is 9.36. The van der Waals surface area contributed by atoms with Crippen molar-refractivity contribution in [2.45, 2.75) is 0 Å². The minimum Gasteiger partial charge on any atom is -0.309 e. The maximum Gasteiger partial charge on any atom is 0.155 e. The van der Waals surface area contributed by atoms with E-state index in [1.807, 2.05) is 0 Å². The maximum atomic E-state index is 5.01. The van der Waals surface area contributed by atoms with Crippen LogP contribution in [0.15, 0.2) is 146 Å². The Balaban J connectivity index is 0.966. The number of fused-ring (bicyclic) bond motifs is 7. The molecule has 4 aromatic heterocycles. The highest BCUT2D eigenvalue weighted by atomic mass is 32.1. The van der Waals surface area contributed by atoms with E-state index in [0.717, 1.165) is 42.2 Å². The fourth-order valence-electron chi connectivity index (χ4n) is 6.80. The number of aromatic nitrogens is 4. The van der Waals surface area contributed by atoms with Gasteiger partial charge in [0.2, 0.25) is 0 Å². The molecule has 6 heteroatoms. The second-order valence-electron chi connectivity index (χ2n) is 11.5. The second-order valence-corrected chi connectivity index (χ2v) is 13.4. The Hall–Kier alpha value is -5.56. The van der Waals surface area contributed by atoms with Crippen molar-refractivity contribution in [3.8, 4) is 32.5 Å². The van der Waals surface area contributed by atoms with Gasteiger partial charge in [-0.25, -0.2) is 9.97 Å². The molecule has 0 aliphatic heterocycles. The van der Waals surface area contributed by atoms with Crippen LogP contribution in [0.3, 0.4) is 0 Å². The van der Waals surface area contributed by atoms with Crippen LogP contribution in [0.4, 0.5) is 0 Å². The Morgan fingerprint density at radius 2 is 0.652 bits per heavy atom. The number of rotatable bonds is 4. The molecule has 216 valence electrons. The predicted molar refractivity (Wildman–Crippen MR) is 195 cm³/mol. The molecule has 0 aliphatic carbocycles. The Morgan fingerprint density at radius 1 is 0.348 bits per heavy atom. The van der Waals surface area contributed by atoms with Gasteiger partial charge in [0, 0.05) is 44.0 Å². The monoisotopic (exact) mass is 624 g/mol. The van der Waals surface area contributed by atoms with Gasteiger partial charge in [-0.15, -0.1) is 0 Å². The maximum absolute atomic E-state index is 5.01. The Labute approximate surface area is 272 Å². The van der Waals surface area contributed by atoms with E-state index >= 15 is 0 Å². The van der Waals surface area contributed by atoms with Crippen molar-refractivity contribution in [3.63, 3.8) is 0 Å². The third kappa shape index (κ3) is 3.84. The summed E-state index contributed by atoms with van der Waals surface area (Å²) in [6, 6.07) is 51.9. The Kier molecular flexibility index (Phi) is 5.58. The minimum absolute atomic E-state index is 0.980. The smallest absolute Gasteiger partial charge is 0.155 e. The van der Waals surface area contributed by atoms with Crippen molar-refractivity contribution < 1.29 is 0 Å². The van der Waals surface area contributed by atoms with Crippen molar-refractivity contribution in [2.75, 3.05) is 0 Å². The van der Waals surface area contributed by atoms with Gasteiger partial charge in [0.15, 0.2) is 9.66 Å². The zero-order chi connectivity index (χ0) is 30.2. The summed E-state index contributed by atoms with van der Waals surface area (Å²) >= 11 is 3.31. The highest BCUT2D eigenvalue weighted by Gasteiger charge is 2.16. The lowest BCUT2D eigenvalue weighted by molar-refractivity contribution is 1.18. The van der Waals surface area contributed by atoms with Crippen LogP contribution in [0.1, 0.15) is 0 Å². The summed E-state index contributed by atoms with van der Waals surface area (Å²) in [5, 5.41) is 7.07. The molecule has 0 saturated heterocycles. The normalized spacial score (nSPS) is 11.9. The largest absolute Gasteiger partial charge is 0.309 e. The molecule has 0 unspecified atom stereocenters. The number of hydrogen-bond donors (Lipinski definition) is 0. The predicted octanol–water partition coefficient (Wildman–Crippen LogP) is 11.3. The quantitative estimate of drug-likeness (QED) is 0.195. The molecule has 0 saturated carbocycles. The topological polar surface area (TPSA) is 35.6 Å². The molecule has 4 heterocycles. The first kappa shape index (κ1) is 25.7. The van der Waals surface area contributed by atoms with E-state index in [2.05, 4.69) is 155 Å². The highest BCUT2D eigenvalue weighted by Crippen LogP contribution is 2.39. The van der Waals surface area contributed by atoms with E-state index in [1.165, 1.54) is 43.6 Å². The SMILES string of the molecule is c1ccc2c(c1)c1ccccc1n2-c1ccc(-c2nc3sc(-c4ccc(-n5c6ccccc6c6ccccc65)cc4)nc3s2)cc1. The van der Waals surface area contributed by atoms with Crippen LogP contribution in [0.2, 0.25) is 0 Å². The van der Waals surface area contributed by atoms with E-state index in [1.54, 1.807) is 22.7 Å². The van der Waals surface area contributed by atoms with E-state index in [0.29, 0.717) is 0 Å². The van der Waals surface area contributed by atoms with Gasteiger partial charge in [-0.05, 0) is 72.8 Å². The first-order valence-corrected chi connectivity index (χ1v) is 16.9. The van der Waals surface area contributed by atoms with Crippen LogP contribution in [-0.2, 0) is 0 Å². The summed E-state index contributed by atoms with van der Waals surface area (Å²) in [7, 11) is 0. The van der Waals surface area contributed by atoms with Crippen LogP contribution < -0.4 is 0 Å². The van der Waals surface area contributed by atoms with E-state index < -0.39 is 0 Å². The number of hydrogen-bond acceptors (Lipinski definition) is 4. The summed E-state index contributed by atoms with van der Waals surface area (Å²) < 4.78 is 4.68. The van der Waals surface area contributed by atoms with Crippen LogP contribution in [0.25, 0.3) is 85.8 Å². The van der Waals surface area contributed by atoms with Crippen molar-refractivity contribution in [1.29, 1.82) is 0 Å². The average Bonchev–Trinajstić information content (AvgIpc) is 3.87. The molecular formula is C40H24N4S2. The van der Waals surface area contributed by atoms with Gasteiger partial charge < -0.3 is 9.13 Å². The van der Waals surface area contributed by atoms with E-state index in [9.17, 15) is 0 Å². The second kappa shape index (κ2) is 9.97. The molecule has 0 fully saturated rings. The average molecular weight is 625 g/mol. The number of para-hydroxylation sites is 4. The Morgan fingerprint density at radius 3 is 0.978 bits per heavy atom. The van der Waals surface area contributed by atoms with Crippen LogP contribution in [0, 0.1) is 0 Å². The van der Waals surface area contributed by atoms with Gasteiger partial charge in [-0.3, -0.25) is 0 Å². The molecule has 0 aliphatic rings. The molecule has 0 bridgehead atoms. The fourth-order valence-corrected chi connectivity index (χ4v) is 8.85. The molecule has 10 aromatic rings. The molecule has 0 spiro atoms. The lowest BCUT2D eigenvalue weighted by Crippen LogP contribution is -1.93. The molecule has 0 amide bonds. The summed E-state index contributed by atoms with van der Waals surface area (Å²) in [6.45, 7) is 0. The summed E-state index contributed by atoms with van der Waals surface area (Å²) in [4.78, 5) is 12.0. The van der Waals surface area contributed by atoms with Gasteiger partial charge >= 0.3 is 0 Å². The van der Waals surface area contributed by atoms with Crippen LogP contribution in [-0.4, -0.2) is 19.1 Å². The Bertz CT molecular complexity index is 2420. The summed E-state index contributed by atoms with van der Waals surface area (Å²) in [6.07, 6.45) is 0. The van der Waals surface area contributed by atoms with Crippen molar-refractivity contribution in [2.24, 2.45) is 0 Å². The lowest BCUT2D eigenvalue weighted by atomic mass is 10.2. The first-order chi connectivity index (χ1) is 22.8. The number of benzene rings is 6. The first-order valence-electron chi connectivity index (χ1n) is 15.3. The van der Waals surface area contributed by atoms with Crippen LogP contribution in [0.5, 0.6) is 0 Å². The zero-order valence-electron chi connectivity index (χ0n) is 24.5. The minimum atomic E-state index is 0.980. The molecule has 46 heavy (non-hydrogen) atoms. The van der Waals surface area contributed by atoms with E-state index in [4.69, 9.17) is 9.97 Å². The van der Waals surface area contributed by atoms with E-state index in [-0.39, 0.29) is 0 Å². The standard InChI is InChI=1S/C40H24N4S2/c1-5-13-33-29(9-1)30-10-2-6-14-34(30)43(33)27-21-17-25(18-22-27)37-41-39-40(45-37)42-38(46-39)26-19-23-28(24-20-26)44-35-15-7-3-11-31(35)32-12-4-8-16-36(32)44/h1-24H. The van der Waals surface area contributed by atoms with Gasteiger partial charge in [-0.2, -0.15) is 0 Å². The van der Waals surface area contributed by atoms with Crippen molar-refractivity contribution >= 4 is 75.9 Å². The van der Waals surface area contributed by atoms with Crippen molar-refractivity contribution in [1.82, 2.24) is 19.1 Å². The molecular weight excluding hydrogens is 601 g/mol. The number of nitrogens with zero attached hydrogens (tertiary/aromatic N) is 4. The number of thiazole rings is 2. The van der Waals surface area contributed by atoms with Gasteiger partial charge in [0.1, 0.15) is 10.0 Å². The van der Waals surface area contributed by atoms with Gasteiger partial charge in [-0.1, -0.05) is 95.5 Å². The molecule has 0 atom stereocenters. The molecule has 0 radical (unpaired) electrons. The van der Waals surface area contributed by atoms with Crippen molar-refractivity contribution in [3.05, 3.63) is 146 Å². The molecule has 10 rings (SSSR count). The zero-order valence-corrected chi connectivity index (χ0v) is 26.1. The lowest BCUT2D eigenvalue weighted by Gasteiger charge is -2.08. The fraction of sp³-hybridized carbons (Fsp3) is 0. The van der Waals surface area contributed by atoms with Gasteiger partial charge in [0.25, 0.3) is 0 Å². The third-order valence-electron chi connectivity index (χ3n) is 8.88. The van der Waals surface area contributed by atoms with Gasteiger partial charge in [0.05, 0.1) is 22.1 Å². The molecule has 6 aromatic carbocycles. The van der Waals surface area contributed by atoms with Crippen LogP contribution >= 0.6 is 22.7 Å². The summed E-state index contributed by atoms with van der Waals surface area (Å²) in [5.74, 6) is 0. The third-order valence-corrected chi connectivity index (χ3v) is 11.0. The molecule has 0 N–H and O–H groups in total.